The van der Waals surface area contributed by atoms with Gasteiger partial charge in [-0.25, -0.2) is 9.97 Å². The predicted molar refractivity (Wildman–Crippen MR) is 91.3 cm³/mol. The summed E-state index contributed by atoms with van der Waals surface area (Å²) in [7, 11) is 0. The van der Waals surface area contributed by atoms with Gasteiger partial charge in [0.1, 0.15) is 11.9 Å². The summed E-state index contributed by atoms with van der Waals surface area (Å²) in [4.78, 5) is 23.6. The van der Waals surface area contributed by atoms with Crippen molar-refractivity contribution in [3.8, 4) is 0 Å². The summed E-state index contributed by atoms with van der Waals surface area (Å²) in [6.45, 7) is 5.40. The number of amides is 1. The minimum absolute atomic E-state index is 0.00444. The molecule has 0 bridgehead atoms. The normalized spacial score (nSPS) is 20.4. The number of carbonyl (C=O) groups excluding carboxylic acids is 1. The van der Waals surface area contributed by atoms with Gasteiger partial charge in [0.05, 0.1) is 18.8 Å². The molecule has 1 saturated heterocycles. The van der Waals surface area contributed by atoms with Crippen LogP contribution < -0.4 is 0 Å². The second kappa shape index (κ2) is 6.55. The van der Waals surface area contributed by atoms with Gasteiger partial charge in [0, 0.05) is 23.5 Å². The summed E-state index contributed by atoms with van der Waals surface area (Å²) in [5, 5.41) is 7.37. The van der Waals surface area contributed by atoms with Crippen molar-refractivity contribution in [2.24, 2.45) is 0 Å². The van der Waals surface area contributed by atoms with Crippen LogP contribution in [0.15, 0.2) is 6.07 Å². The highest BCUT2D eigenvalue weighted by Gasteiger charge is 2.31. The molecule has 1 aliphatic carbocycles. The van der Waals surface area contributed by atoms with Gasteiger partial charge in [-0.3, -0.25) is 9.89 Å². The van der Waals surface area contributed by atoms with Gasteiger partial charge in [-0.15, -0.1) is 0 Å². The van der Waals surface area contributed by atoms with E-state index in [1.165, 1.54) is 0 Å². The third-order valence-electron chi connectivity index (χ3n) is 4.93. The number of nitrogens with zero attached hydrogens (tertiary/aromatic N) is 4. The van der Waals surface area contributed by atoms with E-state index in [1.54, 1.807) is 0 Å². The zero-order valence-electron chi connectivity index (χ0n) is 14.7. The maximum atomic E-state index is 13.0. The highest BCUT2D eigenvalue weighted by Crippen LogP contribution is 2.26. The van der Waals surface area contributed by atoms with Crippen LogP contribution in [0.2, 0.25) is 0 Å². The molecule has 4 rings (SSSR count). The van der Waals surface area contributed by atoms with Gasteiger partial charge >= 0.3 is 0 Å². The fraction of sp³-hybridized carbons (Fsp3) is 0.556. The Balaban J connectivity index is 1.55. The van der Waals surface area contributed by atoms with Crippen molar-refractivity contribution in [3.05, 3.63) is 40.2 Å². The number of carbonyl (C=O) groups is 1. The number of hydrogen-bond acceptors (Lipinski definition) is 5. The van der Waals surface area contributed by atoms with E-state index in [0.717, 1.165) is 54.2 Å². The lowest BCUT2D eigenvalue weighted by Gasteiger charge is -2.32. The van der Waals surface area contributed by atoms with Gasteiger partial charge < -0.3 is 9.64 Å². The molecule has 7 nitrogen and oxygen atoms in total. The van der Waals surface area contributed by atoms with Crippen molar-refractivity contribution >= 4 is 5.91 Å². The lowest BCUT2D eigenvalue weighted by Crippen LogP contribution is -2.43. The molecular formula is C18H23N5O2. The first-order chi connectivity index (χ1) is 12.1. The van der Waals surface area contributed by atoms with Crippen molar-refractivity contribution in [3.63, 3.8) is 0 Å². The molecule has 1 unspecified atom stereocenters. The Morgan fingerprint density at radius 1 is 1.28 bits per heavy atom. The summed E-state index contributed by atoms with van der Waals surface area (Å²) in [6.07, 6.45) is 3.99. The Hall–Kier alpha value is -2.28. The Kier molecular flexibility index (Phi) is 4.25. The predicted octanol–water partition coefficient (Wildman–Crippen LogP) is 1.91. The largest absolute Gasteiger partial charge is 0.368 e. The average Bonchev–Trinajstić information content (AvgIpc) is 3.04. The van der Waals surface area contributed by atoms with Crippen LogP contribution in [0.1, 0.15) is 57.9 Å². The molecule has 7 heteroatoms. The van der Waals surface area contributed by atoms with Gasteiger partial charge in [-0.05, 0) is 45.6 Å². The molecule has 1 amide bonds. The maximum Gasteiger partial charge on any atom is 0.274 e. The molecule has 3 heterocycles. The fourth-order valence-electron chi connectivity index (χ4n) is 3.73. The number of aromatic nitrogens is 4. The van der Waals surface area contributed by atoms with Gasteiger partial charge in [0.15, 0.2) is 5.69 Å². The Morgan fingerprint density at radius 2 is 2.12 bits per heavy atom. The number of aromatic amines is 1. The number of aryl methyl sites for hydroxylation is 3. The van der Waals surface area contributed by atoms with E-state index >= 15 is 0 Å². The molecule has 1 N–H and O–H groups in total. The summed E-state index contributed by atoms with van der Waals surface area (Å²) in [6, 6.07) is 1.93. The molecule has 0 saturated carbocycles. The van der Waals surface area contributed by atoms with Gasteiger partial charge in [-0.2, -0.15) is 5.10 Å². The number of H-pyrrole nitrogens is 1. The van der Waals surface area contributed by atoms with Crippen LogP contribution in [0.3, 0.4) is 0 Å². The van der Waals surface area contributed by atoms with Gasteiger partial charge in [0.25, 0.3) is 5.91 Å². The van der Waals surface area contributed by atoms with E-state index in [9.17, 15) is 4.79 Å². The number of morpholine rings is 1. The number of rotatable bonds is 2. The molecule has 0 radical (unpaired) electrons. The molecule has 1 atom stereocenters. The molecule has 2 aromatic heterocycles. The Morgan fingerprint density at radius 3 is 2.96 bits per heavy atom. The third kappa shape index (κ3) is 3.16. The van der Waals surface area contributed by atoms with Crippen LogP contribution in [0.4, 0.5) is 0 Å². The lowest BCUT2D eigenvalue weighted by atomic mass is 9.95. The number of ether oxygens (including phenoxy) is 1. The summed E-state index contributed by atoms with van der Waals surface area (Å²) >= 11 is 0. The number of nitrogens with one attached hydrogen (secondary N) is 1. The van der Waals surface area contributed by atoms with E-state index in [1.807, 2.05) is 24.8 Å². The van der Waals surface area contributed by atoms with Crippen LogP contribution in [0.25, 0.3) is 0 Å². The Labute approximate surface area is 146 Å². The average molecular weight is 341 g/mol. The lowest BCUT2D eigenvalue weighted by molar-refractivity contribution is -0.0251. The highest BCUT2D eigenvalue weighted by molar-refractivity contribution is 5.94. The zero-order valence-corrected chi connectivity index (χ0v) is 14.7. The maximum absolute atomic E-state index is 13.0. The summed E-state index contributed by atoms with van der Waals surface area (Å²) in [5.41, 5.74) is 4.57. The van der Waals surface area contributed by atoms with Crippen LogP contribution in [0.5, 0.6) is 0 Å². The standard InChI is InChI=1S/C18H23N5O2/c1-11-9-15(20-12(2)19-11)16-10-23(7-8-25-16)18(24)17-13-5-3-4-6-14(13)21-22-17/h9,16H,3-8,10H2,1-2H3,(H,21,22). The van der Waals surface area contributed by atoms with E-state index in [4.69, 9.17) is 4.74 Å². The zero-order chi connectivity index (χ0) is 17.4. The van der Waals surface area contributed by atoms with E-state index in [-0.39, 0.29) is 12.0 Å². The Bertz CT molecular complexity index is 781. The molecule has 132 valence electrons. The number of fused-ring (bicyclic) bond motifs is 1. The summed E-state index contributed by atoms with van der Waals surface area (Å²) < 4.78 is 5.87. The molecule has 0 spiro atoms. The van der Waals surface area contributed by atoms with Gasteiger partial charge in [0.2, 0.25) is 0 Å². The molecule has 2 aromatic rings. The summed E-state index contributed by atoms with van der Waals surface area (Å²) in [5.74, 6) is 0.721. The second-order valence-electron chi connectivity index (χ2n) is 6.83. The first-order valence-electron chi connectivity index (χ1n) is 8.91. The second-order valence-corrected chi connectivity index (χ2v) is 6.83. The fourth-order valence-corrected chi connectivity index (χ4v) is 3.73. The van der Waals surface area contributed by atoms with Crippen molar-refractivity contribution in [2.45, 2.75) is 45.6 Å². The highest BCUT2D eigenvalue weighted by atomic mass is 16.5. The third-order valence-corrected chi connectivity index (χ3v) is 4.93. The first kappa shape index (κ1) is 16.2. The van der Waals surface area contributed by atoms with Crippen LogP contribution in [-0.4, -0.2) is 50.7 Å². The van der Waals surface area contributed by atoms with Crippen molar-refractivity contribution in [1.82, 2.24) is 25.1 Å². The molecule has 2 aliphatic rings. The van der Waals surface area contributed by atoms with Crippen LogP contribution >= 0.6 is 0 Å². The van der Waals surface area contributed by atoms with E-state index < -0.39 is 0 Å². The molecule has 1 fully saturated rings. The van der Waals surface area contributed by atoms with Crippen LogP contribution in [0, 0.1) is 13.8 Å². The molecule has 1 aliphatic heterocycles. The quantitative estimate of drug-likeness (QED) is 0.902. The molecule has 0 aromatic carbocycles. The van der Waals surface area contributed by atoms with Gasteiger partial charge in [-0.1, -0.05) is 0 Å². The van der Waals surface area contributed by atoms with E-state index in [2.05, 4.69) is 20.2 Å². The van der Waals surface area contributed by atoms with Crippen molar-refractivity contribution in [2.75, 3.05) is 19.7 Å². The smallest absolute Gasteiger partial charge is 0.274 e. The number of hydrogen-bond donors (Lipinski definition) is 1. The SMILES string of the molecule is Cc1cc(C2CN(C(=O)c3n[nH]c4c3CCCC4)CCO2)nc(C)n1. The minimum Gasteiger partial charge on any atom is -0.368 e. The van der Waals surface area contributed by atoms with Crippen LogP contribution in [-0.2, 0) is 17.6 Å². The van der Waals surface area contributed by atoms with Crippen molar-refractivity contribution in [1.29, 1.82) is 0 Å². The van der Waals surface area contributed by atoms with Crippen molar-refractivity contribution < 1.29 is 9.53 Å². The topological polar surface area (TPSA) is 84.0 Å². The molecular weight excluding hydrogens is 318 g/mol. The monoisotopic (exact) mass is 341 g/mol. The molecule has 25 heavy (non-hydrogen) atoms. The van der Waals surface area contributed by atoms with E-state index in [0.29, 0.717) is 25.4 Å². The first-order valence-corrected chi connectivity index (χ1v) is 8.91. The minimum atomic E-state index is -0.215.